The average molecular weight is 128 g/mol. The smallest absolute Gasteiger partial charge is 0.328 e. The molecule has 0 atom stereocenters. The molecule has 0 aliphatic rings. The predicted octanol–water partition coefficient (Wildman–Crippen LogP) is 1.82. The van der Waals surface area contributed by atoms with Crippen molar-refractivity contribution >= 4 is 5.97 Å². The van der Waals surface area contributed by atoms with E-state index in [0.29, 0.717) is 0 Å². The van der Waals surface area contributed by atoms with Gasteiger partial charge in [0.2, 0.25) is 0 Å². The maximum absolute atomic E-state index is 10.0. The van der Waals surface area contributed by atoms with Crippen LogP contribution in [-0.2, 0) is 4.79 Å². The summed E-state index contributed by atoms with van der Waals surface area (Å²) in [6, 6.07) is 0. The molecule has 0 aliphatic heterocycles. The highest BCUT2D eigenvalue weighted by Crippen LogP contribution is 2.01. The first kappa shape index (κ1) is 8.21. The Kier molecular flexibility index (Phi) is 3.76. The maximum atomic E-state index is 10.0. The van der Waals surface area contributed by atoms with Crippen LogP contribution in [0.15, 0.2) is 11.6 Å². The molecule has 0 aliphatic carbocycles. The van der Waals surface area contributed by atoms with Gasteiger partial charge in [0, 0.05) is 6.08 Å². The molecule has 0 spiro atoms. The zero-order chi connectivity index (χ0) is 7.28. The molecular weight excluding hydrogens is 116 g/mol. The summed E-state index contributed by atoms with van der Waals surface area (Å²) in [7, 11) is 0. The van der Waals surface area contributed by atoms with Gasteiger partial charge in [-0.05, 0) is 13.3 Å². The number of aliphatic carboxylic acids is 1. The second-order valence-electron chi connectivity index (χ2n) is 2.08. The molecule has 0 fully saturated rings. The number of carbonyl (C=O) groups is 1. The summed E-state index contributed by atoms with van der Waals surface area (Å²) in [5.41, 5.74) is 0.935. The van der Waals surface area contributed by atoms with Crippen molar-refractivity contribution in [2.24, 2.45) is 0 Å². The van der Waals surface area contributed by atoms with Crippen LogP contribution in [0.5, 0.6) is 0 Å². The van der Waals surface area contributed by atoms with Crippen molar-refractivity contribution < 1.29 is 9.90 Å². The van der Waals surface area contributed by atoms with Crippen LogP contribution >= 0.6 is 0 Å². The van der Waals surface area contributed by atoms with Gasteiger partial charge in [0.15, 0.2) is 0 Å². The lowest BCUT2D eigenvalue weighted by molar-refractivity contribution is -0.131. The molecule has 52 valence electrons. The highest BCUT2D eigenvalue weighted by molar-refractivity contribution is 5.80. The summed E-state index contributed by atoms with van der Waals surface area (Å²) < 4.78 is 0. The molecule has 0 saturated carbocycles. The summed E-state index contributed by atoms with van der Waals surface area (Å²) in [5.74, 6) is -0.846. The molecule has 0 aromatic heterocycles. The normalized spacial score (nSPS) is 11.6. The monoisotopic (exact) mass is 128 g/mol. The number of carboxylic acids is 1. The minimum absolute atomic E-state index is 0.846. The van der Waals surface area contributed by atoms with Crippen LogP contribution in [-0.4, -0.2) is 11.1 Å². The van der Waals surface area contributed by atoms with Crippen LogP contribution in [0.4, 0.5) is 0 Å². The van der Waals surface area contributed by atoms with Crippen molar-refractivity contribution in [3.05, 3.63) is 11.6 Å². The molecule has 0 radical (unpaired) electrons. The number of carboxylic acid groups (broad SMARTS) is 1. The lowest BCUT2D eigenvalue weighted by Crippen LogP contribution is -1.89. The standard InChI is InChI=1S/C7H12O2/c1-3-4-6(2)5-7(8)9/h5H,3-4H2,1-2H3,(H,8,9)/b6-5-. The van der Waals surface area contributed by atoms with Crippen molar-refractivity contribution in [2.75, 3.05) is 0 Å². The van der Waals surface area contributed by atoms with Gasteiger partial charge in [-0.15, -0.1) is 0 Å². The summed E-state index contributed by atoms with van der Waals surface area (Å²) in [6.07, 6.45) is 3.14. The van der Waals surface area contributed by atoms with E-state index >= 15 is 0 Å². The van der Waals surface area contributed by atoms with E-state index in [1.54, 1.807) is 0 Å². The lowest BCUT2D eigenvalue weighted by Gasteiger charge is -1.92. The maximum Gasteiger partial charge on any atom is 0.328 e. The van der Waals surface area contributed by atoms with Crippen molar-refractivity contribution in [2.45, 2.75) is 26.7 Å². The Hall–Kier alpha value is -0.790. The van der Waals surface area contributed by atoms with Crippen molar-refractivity contribution in [3.63, 3.8) is 0 Å². The van der Waals surface area contributed by atoms with Crippen molar-refractivity contribution in [1.82, 2.24) is 0 Å². The van der Waals surface area contributed by atoms with Gasteiger partial charge in [-0.3, -0.25) is 0 Å². The molecule has 9 heavy (non-hydrogen) atoms. The third-order valence-corrected chi connectivity index (χ3v) is 1.01. The van der Waals surface area contributed by atoms with Crippen LogP contribution in [0.25, 0.3) is 0 Å². The van der Waals surface area contributed by atoms with Gasteiger partial charge in [0.1, 0.15) is 0 Å². The zero-order valence-corrected chi connectivity index (χ0v) is 5.85. The SMILES string of the molecule is CCC/C(C)=C\C(=O)O. The quantitative estimate of drug-likeness (QED) is 0.588. The number of hydrogen-bond donors (Lipinski definition) is 1. The first-order valence-electron chi connectivity index (χ1n) is 3.07. The Labute approximate surface area is 55.2 Å². The van der Waals surface area contributed by atoms with E-state index in [0.717, 1.165) is 18.4 Å². The van der Waals surface area contributed by atoms with E-state index in [4.69, 9.17) is 5.11 Å². The molecule has 0 heterocycles. The van der Waals surface area contributed by atoms with Crippen molar-refractivity contribution in [1.29, 1.82) is 0 Å². The summed E-state index contributed by atoms with van der Waals surface area (Å²) in [5, 5.41) is 8.23. The van der Waals surface area contributed by atoms with Crippen LogP contribution in [0.2, 0.25) is 0 Å². The lowest BCUT2D eigenvalue weighted by atomic mass is 10.2. The minimum Gasteiger partial charge on any atom is -0.478 e. The van der Waals surface area contributed by atoms with E-state index in [9.17, 15) is 4.79 Å². The molecule has 2 heteroatoms. The fraction of sp³-hybridized carbons (Fsp3) is 0.571. The van der Waals surface area contributed by atoms with Crippen molar-refractivity contribution in [3.8, 4) is 0 Å². The first-order valence-corrected chi connectivity index (χ1v) is 3.07. The Morgan fingerprint density at radius 1 is 1.67 bits per heavy atom. The molecule has 0 aromatic carbocycles. The van der Waals surface area contributed by atoms with E-state index in [1.807, 2.05) is 13.8 Å². The van der Waals surface area contributed by atoms with Gasteiger partial charge in [-0.1, -0.05) is 18.9 Å². The van der Waals surface area contributed by atoms with Crippen LogP contribution in [0, 0.1) is 0 Å². The first-order chi connectivity index (χ1) is 4.16. The number of rotatable bonds is 3. The zero-order valence-electron chi connectivity index (χ0n) is 5.85. The minimum atomic E-state index is -0.846. The van der Waals surface area contributed by atoms with Gasteiger partial charge >= 0.3 is 5.97 Å². The van der Waals surface area contributed by atoms with Gasteiger partial charge in [-0.25, -0.2) is 4.79 Å². The molecule has 0 saturated heterocycles. The van der Waals surface area contributed by atoms with E-state index < -0.39 is 5.97 Å². The highest BCUT2D eigenvalue weighted by Gasteiger charge is 1.90. The van der Waals surface area contributed by atoms with Gasteiger partial charge < -0.3 is 5.11 Å². The second kappa shape index (κ2) is 4.13. The topological polar surface area (TPSA) is 37.3 Å². The predicted molar refractivity (Wildman–Crippen MR) is 36.3 cm³/mol. The molecule has 0 unspecified atom stereocenters. The molecule has 1 N–H and O–H groups in total. The van der Waals surface area contributed by atoms with Crippen LogP contribution in [0.1, 0.15) is 26.7 Å². The highest BCUT2D eigenvalue weighted by atomic mass is 16.4. The molecule has 2 nitrogen and oxygen atoms in total. The Morgan fingerprint density at radius 2 is 2.22 bits per heavy atom. The molecule has 0 rings (SSSR count). The Bertz CT molecular complexity index is 125. The largest absolute Gasteiger partial charge is 0.478 e. The van der Waals surface area contributed by atoms with Crippen LogP contribution < -0.4 is 0 Å². The van der Waals surface area contributed by atoms with E-state index in [-0.39, 0.29) is 0 Å². The van der Waals surface area contributed by atoms with Gasteiger partial charge in [0.05, 0.1) is 0 Å². The fourth-order valence-corrected chi connectivity index (χ4v) is 0.677. The fourth-order valence-electron chi connectivity index (χ4n) is 0.677. The summed E-state index contributed by atoms with van der Waals surface area (Å²) in [4.78, 5) is 10.0. The van der Waals surface area contributed by atoms with Gasteiger partial charge in [0.25, 0.3) is 0 Å². The third-order valence-electron chi connectivity index (χ3n) is 1.01. The average Bonchev–Trinajstić information content (AvgIpc) is 1.63. The van der Waals surface area contributed by atoms with Gasteiger partial charge in [-0.2, -0.15) is 0 Å². The van der Waals surface area contributed by atoms with E-state index in [2.05, 4.69) is 0 Å². The third kappa shape index (κ3) is 5.07. The molecular formula is C7H12O2. The molecule has 0 amide bonds. The van der Waals surface area contributed by atoms with Crippen LogP contribution in [0.3, 0.4) is 0 Å². The Morgan fingerprint density at radius 3 is 2.56 bits per heavy atom. The Balaban J connectivity index is 3.69. The summed E-state index contributed by atoms with van der Waals surface area (Å²) in [6.45, 7) is 3.86. The molecule has 0 bridgehead atoms. The number of allylic oxidation sites excluding steroid dienone is 1. The second-order valence-corrected chi connectivity index (χ2v) is 2.08. The molecule has 0 aromatic rings. The van der Waals surface area contributed by atoms with E-state index in [1.165, 1.54) is 6.08 Å². The number of hydrogen-bond acceptors (Lipinski definition) is 1. The summed E-state index contributed by atoms with van der Waals surface area (Å²) >= 11 is 0.